The van der Waals surface area contributed by atoms with Crippen molar-refractivity contribution in [2.75, 3.05) is 11.9 Å². The van der Waals surface area contributed by atoms with Crippen LogP contribution in [-0.2, 0) is 4.79 Å². The summed E-state index contributed by atoms with van der Waals surface area (Å²) in [6.45, 7) is 1.75. The van der Waals surface area contributed by atoms with Gasteiger partial charge in [0.05, 0.1) is 12.0 Å². The van der Waals surface area contributed by atoms with E-state index in [2.05, 4.69) is 21.2 Å². The molecule has 0 unspecified atom stereocenters. The Balaban J connectivity index is 2.05. The predicted molar refractivity (Wildman–Crippen MR) is 75.1 cm³/mol. The average Bonchev–Trinajstić information content (AvgIpc) is 2.83. The molecule has 3 rings (SSSR count). The number of carbonyl (C=O) groups is 2. The van der Waals surface area contributed by atoms with Crippen LogP contribution < -0.4 is 10.1 Å². The molecule has 5 nitrogen and oxygen atoms in total. The van der Waals surface area contributed by atoms with Gasteiger partial charge < -0.3 is 14.5 Å². The minimum absolute atomic E-state index is 0.0535. The van der Waals surface area contributed by atoms with Gasteiger partial charge in [-0.15, -0.1) is 0 Å². The van der Waals surface area contributed by atoms with Crippen LogP contribution in [0.2, 0.25) is 0 Å². The van der Waals surface area contributed by atoms with Crippen molar-refractivity contribution in [3.8, 4) is 5.75 Å². The number of nitrogens with one attached hydrogen (secondary N) is 1. The van der Waals surface area contributed by atoms with Crippen molar-refractivity contribution in [3.63, 3.8) is 0 Å². The fourth-order valence-corrected chi connectivity index (χ4v) is 2.53. The second-order valence-electron chi connectivity index (χ2n) is 4.43. The summed E-state index contributed by atoms with van der Waals surface area (Å²) < 4.78 is 11.1. The third-order valence-electron chi connectivity index (χ3n) is 3.02. The first-order valence-electron chi connectivity index (χ1n) is 5.91. The Morgan fingerprint density at radius 1 is 1.40 bits per heavy atom. The van der Waals surface area contributed by atoms with E-state index in [1.54, 1.807) is 25.1 Å². The molecule has 0 saturated heterocycles. The van der Waals surface area contributed by atoms with E-state index in [0.29, 0.717) is 27.2 Å². The van der Waals surface area contributed by atoms with Crippen LogP contribution in [-0.4, -0.2) is 18.3 Å². The Bertz CT molecular complexity index is 720. The maximum atomic E-state index is 12.4. The first-order chi connectivity index (χ1) is 9.56. The quantitative estimate of drug-likeness (QED) is 0.857. The molecular weight excluding hydrogens is 326 g/mol. The third kappa shape index (κ3) is 2.12. The van der Waals surface area contributed by atoms with Crippen LogP contribution in [0.5, 0.6) is 5.75 Å². The Labute approximate surface area is 123 Å². The molecule has 0 spiro atoms. The molecule has 2 aromatic rings. The molecular formula is C14H10BrNO4. The Morgan fingerprint density at radius 3 is 2.90 bits per heavy atom. The molecule has 20 heavy (non-hydrogen) atoms. The maximum absolute atomic E-state index is 12.4. The molecule has 6 heteroatoms. The molecule has 1 aromatic carbocycles. The van der Waals surface area contributed by atoms with E-state index < -0.39 is 0 Å². The van der Waals surface area contributed by atoms with Gasteiger partial charge in [-0.25, -0.2) is 0 Å². The molecule has 1 amide bonds. The lowest BCUT2D eigenvalue weighted by molar-refractivity contribution is -0.118. The standard InChI is InChI=1S/C14H10BrNO4/c1-7-2-3-19-14(7)13(18)8-4-11-10(5-9(8)15)16-12(17)6-20-11/h2-5H,6H2,1H3,(H,16,17). The number of ether oxygens (including phenoxy) is 1. The van der Waals surface area contributed by atoms with Crippen LogP contribution in [0.15, 0.2) is 33.4 Å². The van der Waals surface area contributed by atoms with E-state index in [9.17, 15) is 9.59 Å². The summed E-state index contributed by atoms with van der Waals surface area (Å²) in [7, 11) is 0. The number of hydrogen-bond donors (Lipinski definition) is 1. The predicted octanol–water partition coefficient (Wildman–Crippen LogP) is 2.91. The van der Waals surface area contributed by atoms with Crippen LogP contribution in [0.25, 0.3) is 0 Å². The number of amides is 1. The Morgan fingerprint density at radius 2 is 2.20 bits per heavy atom. The van der Waals surface area contributed by atoms with Gasteiger partial charge >= 0.3 is 0 Å². The number of furan rings is 1. The van der Waals surface area contributed by atoms with Gasteiger partial charge in [0.25, 0.3) is 5.91 Å². The first-order valence-corrected chi connectivity index (χ1v) is 6.70. The smallest absolute Gasteiger partial charge is 0.262 e. The molecule has 1 aliphatic rings. The molecule has 1 aromatic heterocycles. The number of benzene rings is 1. The lowest BCUT2D eigenvalue weighted by atomic mass is 10.1. The number of ketones is 1. The number of anilines is 1. The molecule has 1 aliphatic heterocycles. The van der Waals surface area contributed by atoms with Gasteiger partial charge in [0.2, 0.25) is 5.78 Å². The number of fused-ring (bicyclic) bond motifs is 1. The van der Waals surface area contributed by atoms with Crippen LogP contribution in [0.4, 0.5) is 5.69 Å². The molecule has 0 bridgehead atoms. The SMILES string of the molecule is Cc1ccoc1C(=O)c1cc2c(cc1Br)NC(=O)CO2. The van der Waals surface area contributed by atoms with Crippen LogP contribution in [0.1, 0.15) is 21.7 Å². The van der Waals surface area contributed by atoms with E-state index >= 15 is 0 Å². The highest BCUT2D eigenvalue weighted by molar-refractivity contribution is 9.10. The minimum atomic E-state index is -0.234. The summed E-state index contributed by atoms with van der Waals surface area (Å²) in [4.78, 5) is 23.7. The average molecular weight is 336 g/mol. The molecule has 0 atom stereocenters. The van der Waals surface area contributed by atoms with Crippen molar-refractivity contribution >= 4 is 33.3 Å². The summed E-state index contributed by atoms with van der Waals surface area (Å²) in [6, 6.07) is 4.98. The van der Waals surface area contributed by atoms with Crippen molar-refractivity contribution in [2.45, 2.75) is 6.92 Å². The highest BCUT2D eigenvalue weighted by Crippen LogP contribution is 2.35. The van der Waals surface area contributed by atoms with Gasteiger partial charge in [0, 0.05) is 10.0 Å². The highest BCUT2D eigenvalue weighted by atomic mass is 79.9. The number of aryl methyl sites for hydroxylation is 1. The van der Waals surface area contributed by atoms with Crippen molar-refractivity contribution in [1.29, 1.82) is 0 Å². The zero-order valence-electron chi connectivity index (χ0n) is 10.5. The van der Waals surface area contributed by atoms with Gasteiger partial charge in [0.1, 0.15) is 5.75 Å². The molecule has 0 saturated carbocycles. The van der Waals surface area contributed by atoms with Crippen molar-refractivity contribution in [2.24, 2.45) is 0 Å². The van der Waals surface area contributed by atoms with E-state index in [-0.39, 0.29) is 18.3 Å². The number of rotatable bonds is 2. The third-order valence-corrected chi connectivity index (χ3v) is 3.67. The summed E-state index contributed by atoms with van der Waals surface area (Å²) >= 11 is 3.34. The zero-order valence-corrected chi connectivity index (χ0v) is 12.1. The summed E-state index contributed by atoms with van der Waals surface area (Å²) in [5.41, 5.74) is 1.74. The number of carbonyl (C=O) groups excluding carboxylic acids is 2. The molecule has 102 valence electrons. The molecule has 0 fully saturated rings. The maximum Gasteiger partial charge on any atom is 0.262 e. The minimum Gasteiger partial charge on any atom is -0.482 e. The van der Waals surface area contributed by atoms with Crippen LogP contribution in [0.3, 0.4) is 0 Å². The lowest BCUT2D eigenvalue weighted by Gasteiger charge is -2.19. The van der Waals surface area contributed by atoms with Gasteiger partial charge in [-0.1, -0.05) is 0 Å². The van der Waals surface area contributed by atoms with Gasteiger partial charge in [0.15, 0.2) is 12.4 Å². The zero-order chi connectivity index (χ0) is 14.3. The van der Waals surface area contributed by atoms with Crippen molar-refractivity contribution in [3.05, 3.63) is 45.8 Å². The molecule has 1 N–H and O–H groups in total. The molecule has 0 aliphatic carbocycles. The largest absolute Gasteiger partial charge is 0.482 e. The highest BCUT2D eigenvalue weighted by Gasteiger charge is 2.23. The van der Waals surface area contributed by atoms with E-state index in [4.69, 9.17) is 9.15 Å². The van der Waals surface area contributed by atoms with Crippen molar-refractivity contribution < 1.29 is 18.7 Å². The van der Waals surface area contributed by atoms with E-state index in [1.807, 2.05) is 0 Å². The summed E-state index contributed by atoms with van der Waals surface area (Å²) in [5, 5.41) is 2.68. The van der Waals surface area contributed by atoms with Crippen LogP contribution in [0, 0.1) is 6.92 Å². The summed E-state index contributed by atoms with van der Waals surface area (Å²) in [6.07, 6.45) is 1.48. The van der Waals surface area contributed by atoms with E-state index in [1.165, 1.54) is 6.26 Å². The fourth-order valence-electron chi connectivity index (χ4n) is 2.00. The summed E-state index contributed by atoms with van der Waals surface area (Å²) in [5.74, 6) is 0.318. The first kappa shape index (κ1) is 12.9. The van der Waals surface area contributed by atoms with Crippen LogP contribution >= 0.6 is 15.9 Å². The topological polar surface area (TPSA) is 68.5 Å². The van der Waals surface area contributed by atoms with Gasteiger partial charge in [-0.3, -0.25) is 9.59 Å². The monoisotopic (exact) mass is 335 g/mol. The molecule has 0 radical (unpaired) electrons. The van der Waals surface area contributed by atoms with Crippen molar-refractivity contribution in [1.82, 2.24) is 0 Å². The second-order valence-corrected chi connectivity index (χ2v) is 5.28. The molecule has 2 heterocycles. The number of halogens is 1. The van der Waals surface area contributed by atoms with Gasteiger partial charge in [-0.05, 0) is 46.6 Å². The van der Waals surface area contributed by atoms with E-state index in [0.717, 1.165) is 5.56 Å². The lowest BCUT2D eigenvalue weighted by Crippen LogP contribution is -2.25. The fraction of sp³-hybridized carbons (Fsp3) is 0.143. The Kier molecular flexibility index (Phi) is 3.10. The Hall–Kier alpha value is -2.08. The number of hydrogen-bond acceptors (Lipinski definition) is 4. The van der Waals surface area contributed by atoms with Gasteiger partial charge in [-0.2, -0.15) is 0 Å². The second kappa shape index (κ2) is 4.79. The normalized spacial score (nSPS) is 13.4.